The first-order valence-corrected chi connectivity index (χ1v) is 15.6. The van der Waals surface area contributed by atoms with Crippen LogP contribution >= 0.6 is 0 Å². The normalized spacial score (nSPS) is 16.1. The van der Waals surface area contributed by atoms with Gasteiger partial charge in [-0.3, -0.25) is 14.4 Å². The number of carbonyl (C=O) groups excluding carboxylic acids is 4. The monoisotopic (exact) mass is 603 g/mol. The molecule has 1 heterocycles. The first kappa shape index (κ1) is 32.8. The minimum Gasteiger partial charge on any atom is -0.444 e. The number of carbonyl (C=O) groups is 4. The molecule has 5 N–H and O–H groups in total. The summed E-state index contributed by atoms with van der Waals surface area (Å²) in [7, 11) is -4.10. The number of hydrogen-bond donors (Lipinski definition) is 4. The number of hydrogen-bond acceptors (Lipinski definition) is 8. The minimum atomic E-state index is -4.10. The number of likely N-dealkylation sites (tertiary alicyclic amines) is 1. The number of nitrogens with two attached hydrogens (primary N) is 1. The third-order valence-corrected chi connectivity index (χ3v) is 8.06. The third-order valence-electron chi connectivity index (χ3n) is 6.69. The van der Waals surface area contributed by atoms with E-state index >= 15 is 0 Å². The van der Waals surface area contributed by atoms with Crippen LogP contribution in [-0.4, -0.2) is 74.5 Å². The van der Waals surface area contributed by atoms with E-state index in [-0.39, 0.29) is 23.6 Å². The maximum atomic E-state index is 13.0. The summed E-state index contributed by atoms with van der Waals surface area (Å²) in [6.07, 6.45) is 1.55. The molecule has 0 unspecified atom stereocenters. The Labute approximate surface area is 246 Å². The van der Waals surface area contributed by atoms with Gasteiger partial charge in [-0.2, -0.15) is 0 Å². The fourth-order valence-electron chi connectivity index (χ4n) is 4.60. The predicted octanol–water partition coefficient (Wildman–Crippen LogP) is 2.16. The second-order valence-electron chi connectivity index (χ2n) is 11.3. The number of fused-ring (bicyclic) bond motifs is 1. The van der Waals surface area contributed by atoms with E-state index in [0.29, 0.717) is 45.3 Å². The van der Waals surface area contributed by atoms with Gasteiger partial charge in [0.05, 0.1) is 10.9 Å². The van der Waals surface area contributed by atoms with Gasteiger partial charge in [-0.1, -0.05) is 30.3 Å². The minimum absolute atomic E-state index is 0.0415. The highest BCUT2D eigenvalue weighted by molar-refractivity contribution is 7.90. The van der Waals surface area contributed by atoms with Crippen LogP contribution in [0.4, 0.5) is 4.79 Å². The molecule has 13 heteroatoms. The van der Waals surface area contributed by atoms with Crippen LogP contribution in [0, 0.1) is 0 Å². The van der Waals surface area contributed by atoms with Crippen LogP contribution in [0.1, 0.15) is 59.3 Å². The number of benzene rings is 2. The molecule has 1 aliphatic rings. The summed E-state index contributed by atoms with van der Waals surface area (Å²) in [4.78, 5) is 51.3. The fraction of sp³-hybridized carbons (Fsp3) is 0.517. The first-order valence-electron chi connectivity index (χ1n) is 14.1. The molecule has 2 aromatic carbocycles. The van der Waals surface area contributed by atoms with Gasteiger partial charge in [-0.05, 0) is 75.8 Å². The smallest absolute Gasteiger partial charge is 0.407 e. The summed E-state index contributed by atoms with van der Waals surface area (Å²) >= 11 is 0. The molecule has 0 spiro atoms. The fourth-order valence-corrected chi connectivity index (χ4v) is 5.65. The number of nitrogens with zero attached hydrogens (tertiary/aromatic N) is 1. The average molecular weight is 604 g/mol. The van der Waals surface area contributed by atoms with Gasteiger partial charge in [0, 0.05) is 26.1 Å². The zero-order chi connectivity index (χ0) is 30.9. The Kier molecular flexibility index (Phi) is 11.3. The topological polar surface area (TPSA) is 177 Å². The predicted molar refractivity (Wildman–Crippen MR) is 158 cm³/mol. The number of ether oxygens (including phenoxy) is 1. The molecule has 1 saturated heterocycles. The third kappa shape index (κ3) is 9.69. The maximum Gasteiger partial charge on any atom is 0.407 e. The lowest BCUT2D eigenvalue weighted by atomic mass is 10.1. The molecule has 0 aliphatic carbocycles. The lowest BCUT2D eigenvalue weighted by Gasteiger charge is -2.26. The van der Waals surface area contributed by atoms with Gasteiger partial charge in [-0.15, -0.1) is 0 Å². The molecular weight excluding hydrogens is 562 g/mol. The van der Waals surface area contributed by atoms with Crippen LogP contribution in [0.3, 0.4) is 0 Å². The molecule has 0 saturated carbocycles. The van der Waals surface area contributed by atoms with Gasteiger partial charge in [0.25, 0.3) is 10.0 Å². The van der Waals surface area contributed by atoms with E-state index in [4.69, 9.17) is 10.5 Å². The number of nitrogens with one attached hydrogen (secondary N) is 3. The Hall–Kier alpha value is -3.71. The van der Waals surface area contributed by atoms with Crippen molar-refractivity contribution in [3.63, 3.8) is 0 Å². The van der Waals surface area contributed by atoms with Crippen molar-refractivity contribution in [2.75, 3.05) is 19.6 Å². The van der Waals surface area contributed by atoms with Gasteiger partial charge in [0.2, 0.25) is 17.7 Å². The zero-order valence-electron chi connectivity index (χ0n) is 24.4. The molecule has 2 atom stereocenters. The highest BCUT2D eigenvalue weighted by atomic mass is 32.2. The Bertz CT molecular complexity index is 1390. The summed E-state index contributed by atoms with van der Waals surface area (Å²) in [6.45, 7) is 6.50. The van der Waals surface area contributed by atoms with Crippen molar-refractivity contribution in [3.05, 3.63) is 42.5 Å². The highest BCUT2D eigenvalue weighted by Crippen LogP contribution is 2.20. The lowest BCUT2D eigenvalue weighted by Crippen LogP contribution is -2.51. The number of alkyl carbamates (subject to hydrolysis) is 1. The van der Waals surface area contributed by atoms with E-state index in [0.717, 1.165) is 10.8 Å². The van der Waals surface area contributed by atoms with Crippen molar-refractivity contribution in [3.8, 4) is 0 Å². The largest absolute Gasteiger partial charge is 0.444 e. The van der Waals surface area contributed by atoms with Crippen molar-refractivity contribution in [1.29, 1.82) is 0 Å². The van der Waals surface area contributed by atoms with Gasteiger partial charge in [-0.25, -0.2) is 17.9 Å². The quantitative estimate of drug-likeness (QED) is 0.267. The van der Waals surface area contributed by atoms with Crippen molar-refractivity contribution in [2.45, 2.75) is 81.9 Å². The van der Waals surface area contributed by atoms with Crippen molar-refractivity contribution >= 4 is 44.6 Å². The van der Waals surface area contributed by atoms with Crippen molar-refractivity contribution < 1.29 is 32.3 Å². The summed E-state index contributed by atoms with van der Waals surface area (Å²) in [5.41, 5.74) is 5.49. The van der Waals surface area contributed by atoms with Crippen LogP contribution in [0.2, 0.25) is 0 Å². The van der Waals surface area contributed by atoms with Crippen LogP contribution in [0.5, 0.6) is 0 Å². The zero-order valence-corrected chi connectivity index (χ0v) is 25.2. The molecule has 0 bridgehead atoms. The van der Waals surface area contributed by atoms with Gasteiger partial charge < -0.3 is 26.0 Å². The molecule has 42 heavy (non-hydrogen) atoms. The van der Waals surface area contributed by atoms with Crippen LogP contribution in [0.15, 0.2) is 47.4 Å². The Morgan fingerprint density at radius 3 is 2.38 bits per heavy atom. The Morgan fingerprint density at radius 2 is 1.69 bits per heavy atom. The molecule has 3 rings (SSSR count). The average Bonchev–Trinajstić information content (AvgIpc) is 3.41. The van der Waals surface area contributed by atoms with Gasteiger partial charge in [0.15, 0.2) is 0 Å². The first-order chi connectivity index (χ1) is 19.8. The van der Waals surface area contributed by atoms with E-state index in [1.54, 1.807) is 39.0 Å². The van der Waals surface area contributed by atoms with Crippen molar-refractivity contribution in [2.24, 2.45) is 5.73 Å². The van der Waals surface area contributed by atoms with Crippen LogP contribution in [0.25, 0.3) is 10.8 Å². The van der Waals surface area contributed by atoms with Crippen LogP contribution < -0.4 is 21.1 Å². The maximum absolute atomic E-state index is 13.0. The summed E-state index contributed by atoms with van der Waals surface area (Å²) in [5.74, 6) is -1.52. The number of sulfonamides is 1. The summed E-state index contributed by atoms with van der Waals surface area (Å²) in [5, 5.41) is 7.08. The number of amides is 4. The number of unbranched alkanes of at least 4 members (excludes halogenated alkanes) is 1. The van der Waals surface area contributed by atoms with Crippen LogP contribution in [-0.2, 0) is 29.1 Å². The molecule has 2 aromatic rings. The SMILES string of the molecule is CC(C)(C)OC(=O)NCCCCNC(=O)[C@@H]1CCCN1C(=O)[C@H](N)CCC(=O)NS(=O)(=O)c1ccc2ccccc2c1. The van der Waals surface area contributed by atoms with E-state index in [9.17, 15) is 27.6 Å². The molecule has 230 valence electrons. The Balaban J connectivity index is 1.41. The van der Waals surface area contributed by atoms with Gasteiger partial charge in [0.1, 0.15) is 11.6 Å². The second-order valence-corrected chi connectivity index (χ2v) is 13.0. The number of rotatable bonds is 12. The van der Waals surface area contributed by atoms with E-state index in [1.807, 2.05) is 16.9 Å². The molecule has 1 aliphatic heterocycles. The highest BCUT2D eigenvalue weighted by Gasteiger charge is 2.36. The molecule has 4 amide bonds. The lowest BCUT2D eigenvalue weighted by molar-refractivity contribution is -0.139. The van der Waals surface area contributed by atoms with E-state index in [2.05, 4.69) is 10.6 Å². The van der Waals surface area contributed by atoms with Gasteiger partial charge >= 0.3 is 6.09 Å². The van der Waals surface area contributed by atoms with E-state index < -0.39 is 45.6 Å². The summed E-state index contributed by atoms with van der Waals surface area (Å²) in [6, 6.07) is 10.1. The molecule has 1 fully saturated rings. The Morgan fingerprint density at radius 1 is 1.02 bits per heavy atom. The second kappa shape index (κ2) is 14.5. The molecule has 12 nitrogen and oxygen atoms in total. The standard InChI is InChI=1S/C29H41N5O7S/c1-29(2,3)41-28(38)32-17-7-6-16-31-26(36)24-11-8-18-34(24)27(37)23(30)14-15-25(35)33-42(39,40)22-13-12-20-9-4-5-10-21(20)19-22/h4-5,9-10,12-13,19,23-24H,6-8,11,14-18,30H2,1-3H3,(H,31,36)(H,32,38)(H,33,35)/t23-,24+/m1/s1. The molecular formula is C29H41N5O7S. The summed E-state index contributed by atoms with van der Waals surface area (Å²) < 4.78 is 32.6. The van der Waals surface area contributed by atoms with Crippen molar-refractivity contribution in [1.82, 2.24) is 20.3 Å². The molecule has 0 radical (unpaired) electrons. The molecule has 0 aromatic heterocycles. The van der Waals surface area contributed by atoms with E-state index in [1.165, 1.54) is 17.0 Å².